The number of carbonyl (C=O) groups is 1. The zero-order valence-corrected chi connectivity index (χ0v) is 14.5. The fourth-order valence-corrected chi connectivity index (χ4v) is 5.07. The summed E-state index contributed by atoms with van der Waals surface area (Å²) in [7, 11) is 0. The van der Waals surface area contributed by atoms with Crippen molar-refractivity contribution in [1.29, 1.82) is 0 Å². The predicted molar refractivity (Wildman–Crippen MR) is 95.7 cm³/mol. The molecule has 2 heterocycles. The minimum absolute atomic E-state index is 0.0196. The van der Waals surface area contributed by atoms with Crippen LogP contribution in [0.4, 0.5) is 5.69 Å². The van der Waals surface area contributed by atoms with Crippen LogP contribution in [0.15, 0.2) is 46.2 Å². The number of thioether (sulfide) groups is 1. The van der Waals surface area contributed by atoms with Crippen molar-refractivity contribution in [2.75, 3.05) is 0 Å². The fourth-order valence-electron chi connectivity index (χ4n) is 3.50. The second-order valence-electron chi connectivity index (χ2n) is 6.59. The summed E-state index contributed by atoms with van der Waals surface area (Å²) in [6, 6.07) is 8.59. The van der Waals surface area contributed by atoms with E-state index in [4.69, 9.17) is 0 Å². The summed E-state index contributed by atoms with van der Waals surface area (Å²) < 4.78 is 1.35. The summed E-state index contributed by atoms with van der Waals surface area (Å²) >= 11 is 1.37. The number of carboxylic acids is 1. The van der Waals surface area contributed by atoms with Gasteiger partial charge in [0.05, 0.1) is 9.95 Å². The highest BCUT2D eigenvalue weighted by Crippen LogP contribution is 2.52. The summed E-state index contributed by atoms with van der Waals surface area (Å²) in [4.78, 5) is 35.2. The Bertz CT molecular complexity index is 966. The largest absolute Gasteiger partial charge is 0.480 e. The number of aromatic nitrogens is 1. The molecule has 0 radical (unpaired) electrons. The molecule has 1 fully saturated rings. The zero-order valence-electron chi connectivity index (χ0n) is 13.7. The molecule has 2 aliphatic rings. The van der Waals surface area contributed by atoms with E-state index in [9.17, 15) is 24.8 Å². The monoisotopic (exact) mass is 372 g/mol. The number of nitrogens with zero attached hydrogens (tertiary/aromatic N) is 2. The highest BCUT2D eigenvalue weighted by Gasteiger charge is 2.39. The predicted octanol–water partition coefficient (Wildman–Crippen LogP) is 3.50. The molecule has 2 unspecified atom stereocenters. The van der Waals surface area contributed by atoms with Crippen molar-refractivity contribution in [1.82, 2.24) is 4.57 Å². The van der Waals surface area contributed by atoms with Crippen LogP contribution in [0.25, 0.3) is 0 Å². The molecule has 4 rings (SSSR count). The van der Waals surface area contributed by atoms with E-state index in [1.807, 2.05) is 0 Å². The quantitative estimate of drug-likeness (QED) is 0.651. The molecule has 0 amide bonds. The van der Waals surface area contributed by atoms with Gasteiger partial charge in [0, 0.05) is 22.9 Å². The van der Waals surface area contributed by atoms with Crippen LogP contribution in [0.3, 0.4) is 0 Å². The van der Waals surface area contributed by atoms with Crippen LogP contribution in [0.1, 0.15) is 47.6 Å². The Balaban J connectivity index is 1.86. The Morgan fingerprint density at radius 2 is 1.92 bits per heavy atom. The molecule has 1 N–H and O–H groups in total. The molecule has 2 atom stereocenters. The smallest absolute Gasteiger partial charge is 0.326 e. The van der Waals surface area contributed by atoms with Gasteiger partial charge in [-0.3, -0.25) is 19.5 Å². The topological polar surface area (TPSA) is 102 Å². The molecule has 1 aromatic carbocycles. The Hall–Kier alpha value is -2.61. The van der Waals surface area contributed by atoms with Crippen molar-refractivity contribution in [3.8, 4) is 0 Å². The molecule has 0 saturated heterocycles. The second-order valence-corrected chi connectivity index (χ2v) is 7.78. The number of hydrogen-bond acceptors (Lipinski definition) is 5. The molecule has 26 heavy (non-hydrogen) atoms. The lowest BCUT2D eigenvalue weighted by molar-refractivity contribution is -0.385. The molecule has 1 aliphatic heterocycles. The van der Waals surface area contributed by atoms with E-state index in [1.165, 1.54) is 28.5 Å². The van der Waals surface area contributed by atoms with Crippen LogP contribution in [-0.4, -0.2) is 20.6 Å². The van der Waals surface area contributed by atoms with Gasteiger partial charge in [-0.05, 0) is 30.7 Å². The number of pyridine rings is 1. The maximum Gasteiger partial charge on any atom is 0.326 e. The van der Waals surface area contributed by atoms with Gasteiger partial charge in [0.1, 0.15) is 6.04 Å². The lowest BCUT2D eigenvalue weighted by Crippen LogP contribution is -2.35. The van der Waals surface area contributed by atoms with Crippen molar-refractivity contribution in [2.24, 2.45) is 0 Å². The van der Waals surface area contributed by atoms with Crippen molar-refractivity contribution >= 4 is 23.4 Å². The van der Waals surface area contributed by atoms with Gasteiger partial charge < -0.3 is 5.11 Å². The normalized spacial score (nSPS) is 21.8. The van der Waals surface area contributed by atoms with E-state index in [2.05, 4.69) is 0 Å². The molecule has 1 aromatic heterocycles. The van der Waals surface area contributed by atoms with Crippen LogP contribution in [-0.2, 0) is 4.79 Å². The van der Waals surface area contributed by atoms with Crippen LogP contribution < -0.4 is 5.56 Å². The number of nitro groups is 1. The van der Waals surface area contributed by atoms with Crippen molar-refractivity contribution in [3.63, 3.8) is 0 Å². The average Bonchev–Trinajstić information content (AvgIpc) is 3.46. The van der Waals surface area contributed by atoms with Gasteiger partial charge in [0.2, 0.25) is 0 Å². The Labute approximate surface area is 152 Å². The Kier molecular flexibility index (Phi) is 4.07. The van der Waals surface area contributed by atoms with E-state index in [-0.39, 0.29) is 17.7 Å². The zero-order chi connectivity index (χ0) is 18.4. The number of rotatable bonds is 4. The minimum atomic E-state index is -1.09. The van der Waals surface area contributed by atoms with E-state index in [0.717, 1.165) is 18.4 Å². The number of fused-ring (bicyclic) bond motifs is 1. The fraction of sp³-hybridized carbons (Fsp3) is 0.333. The van der Waals surface area contributed by atoms with Crippen LogP contribution in [0.2, 0.25) is 0 Å². The maximum atomic E-state index is 12.4. The molecule has 0 spiro atoms. The number of hydrogen-bond donors (Lipinski definition) is 1. The summed E-state index contributed by atoms with van der Waals surface area (Å²) in [5.41, 5.74) is 1.11. The van der Waals surface area contributed by atoms with Crippen molar-refractivity contribution < 1.29 is 14.8 Å². The van der Waals surface area contributed by atoms with E-state index in [1.54, 1.807) is 24.3 Å². The number of carboxylic acid groups (broad SMARTS) is 1. The van der Waals surface area contributed by atoms with Crippen LogP contribution >= 0.6 is 11.8 Å². The van der Waals surface area contributed by atoms with Gasteiger partial charge in [0.25, 0.3) is 11.2 Å². The first kappa shape index (κ1) is 16.8. The third-order valence-electron chi connectivity index (χ3n) is 4.89. The third-order valence-corrected chi connectivity index (χ3v) is 6.28. The summed E-state index contributed by atoms with van der Waals surface area (Å²) in [6.45, 7) is 0. The molecule has 1 aliphatic carbocycles. The number of aliphatic carboxylic acids is 1. The lowest BCUT2D eigenvalue weighted by Gasteiger charge is -2.31. The van der Waals surface area contributed by atoms with Gasteiger partial charge in [-0.1, -0.05) is 36.0 Å². The third kappa shape index (κ3) is 2.80. The van der Waals surface area contributed by atoms with E-state index < -0.39 is 22.2 Å². The van der Waals surface area contributed by atoms with Crippen molar-refractivity contribution in [3.05, 3.63) is 68.0 Å². The molecule has 7 nitrogen and oxygen atoms in total. The first-order valence-electron chi connectivity index (χ1n) is 8.35. The SMILES string of the molecule is O=C(O)C1CC(c2ccccc2[N+](=O)[O-])Sc2c(C3CC3)ccc(=O)n21. The summed E-state index contributed by atoms with van der Waals surface area (Å²) in [6.07, 6.45) is 2.16. The van der Waals surface area contributed by atoms with Gasteiger partial charge in [0.15, 0.2) is 0 Å². The Morgan fingerprint density at radius 1 is 1.19 bits per heavy atom. The highest BCUT2D eigenvalue weighted by atomic mass is 32.2. The second kappa shape index (κ2) is 6.28. The lowest BCUT2D eigenvalue weighted by atomic mass is 10.0. The van der Waals surface area contributed by atoms with Gasteiger partial charge in [-0.2, -0.15) is 0 Å². The first-order valence-corrected chi connectivity index (χ1v) is 9.23. The van der Waals surface area contributed by atoms with Gasteiger partial charge in [-0.25, -0.2) is 4.79 Å². The molecule has 0 bridgehead atoms. The van der Waals surface area contributed by atoms with Crippen molar-refractivity contribution in [2.45, 2.75) is 41.5 Å². The highest BCUT2D eigenvalue weighted by molar-refractivity contribution is 7.99. The van der Waals surface area contributed by atoms with Crippen LogP contribution in [0, 0.1) is 10.1 Å². The molecular formula is C18H16N2O5S. The number of nitro benzene ring substituents is 1. The summed E-state index contributed by atoms with van der Waals surface area (Å²) in [5, 5.41) is 21.3. The van der Waals surface area contributed by atoms with Gasteiger partial charge in [-0.15, -0.1) is 0 Å². The number of para-hydroxylation sites is 1. The molecule has 134 valence electrons. The van der Waals surface area contributed by atoms with E-state index in [0.29, 0.717) is 16.5 Å². The average molecular weight is 372 g/mol. The first-order chi connectivity index (χ1) is 12.5. The molecule has 1 saturated carbocycles. The molecule has 8 heteroatoms. The van der Waals surface area contributed by atoms with Gasteiger partial charge >= 0.3 is 5.97 Å². The number of benzene rings is 1. The minimum Gasteiger partial charge on any atom is -0.480 e. The molecular weight excluding hydrogens is 356 g/mol. The van der Waals surface area contributed by atoms with Crippen LogP contribution in [0.5, 0.6) is 0 Å². The maximum absolute atomic E-state index is 12.4. The Morgan fingerprint density at radius 3 is 2.58 bits per heavy atom. The van der Waals surface area contributed by atoms with E-state index >= 15 is 0 Å². The molecule has 2 aromatic rings. The standard InChI is InChI=1S/C18H16N2O5S/c21-16-8-7-11(10-5-6-10)17-19(16)14(18(22)23)9-15(26-17)12-3-1-2-4-13(12)20(24)25/h1-4,7-8,10,14-15H,5-6,9H2,(H,22,23). The summed E-state index contributed by atoms with van der Waals surface area (Å²) in [5.74, 6) is -0.756.